The number of aliphatic hydroxyl groups excluding tert-OH is 4. The molecule has 4 N–H and O–H groups in total. The highest BCUT2D eigenvalue weighted by Crippen LogP contribution is 2.22. The van der Waals surface area contributed by atoms with E-state index in [-0.39, 0.29) is 19.2 Å². The van der Waals surface area contributed by atoms with Crippen molar-refractivity contribution >= 4 is 5.97 Å². The molecule has 54 heavy (non-hydrogen) atoms. The summed E-state index contributed by atoms with van der Waals surface area (Å²) >= 11 is 0. The van der Waals surface area contributed by atoms with Gasteiger partial charge in [0.05, 0.1) is 19.8 Å². The molecular formula is C45H80O9. The van der Waals surface area contributed by atoms with E-state index in [1.54, 1.807) is 0 Å². The van der Waals surface area contributed by atoms with Crippen molar-refractivity contribution in [2.45, 2.75) is 205 Å². The summed E-state index contributed by atoms with van der Waals surface area (Å²) in [5.74, 6) is -0.321. The van der Waals surface area contributed by atoms with Gasteiger partial charge in [-0.05, 0) is 51.4 Å². The van der Waals surface area contributed by atoms with E-state index in [2.05, 4.69) is 62.5 Å². The lowest BCUT2D eigenvalue weighted by molar-refractivity contribution is -0.305. The molecule has 9 nitrogen and oxygen atoms in total. The van der Waals surface area contributed by atoms with Crippen LogP contribution in [0, 0.1) is 0 Å². The van der Waals surface area contributed by atoms with E-state index in [1.807, 2.05) is 0 Å². The lowest BCUT2D eigenvalue weighted by Crippen LogP contribution is -2.59. The summed E-state index contributed by atoms with van der Waals surface area (Å²) in [5.41, 5.74) is 0. The number of allylic oxidation sites excluding steroid dienone is 8. The molecule has 0 aromatic heterocycles. The first-order chi connectivity index (χ1) is 26.4. The van der Waals surface area contributed by atoms with Gasteiger partial charge >= 0.3 is 5.97 Å². The summed E-state index contributed by atoms with van der Waals surface area (Å²) in [4.78, 5) is 12.7. The first-order valence-electron chi connectivity index (χ1n) is 21.7. The smallest absolute Gasteiger partial charge is 0.306 e. The monoisotopic (exact) mass is 765 g/mol. The molecule has 9 heteroatoms. The number of hydrogen-bond donors (Lipinski definition) is 4. The average molecular weight is 765 g/mol. The van der Waals surface area contributed by atoms with Gasteiger partial charge in [0.25, 0.3) is 0 Å². The summed E-state index contributed by atoms with van der Waals surface area (Å²) < 4.78 is 22.7. The summed E-state index contributed by atoms with van der Waals surface area (Å²) in [6.45, 7) is 4.41. The summed E-state index contributed by atoms with van der Waals surface area (Å²) in [7, 11) is 0. The quantitative estimate of drug-likeness (QED) is 0.0280. The highest BCUT2D eigenvalue weighted by Gasteiger charge is 2.44. The third kappa shape index (κ3) is 27.7. The molecule has 6 unspecified atom stereocenters. The number of carbonyl (C=O) groups excluding carboxylic acids is 1. The molecule has 1 rings (SSSR count). The van der Waals surface area contributed by atoms with Crippen molar-refractivity contribution < 1.29 is 44.2 Å². The van der Waals surface area contributed by atoms with Gasteiger partial charge in [0.1, 0.15) is 30.5 Å². The van der Waals surface area contributed by atoms with E-state index in [4.69, 9.17) is 18.9 Å². The zero-order valence-electron chi connectivity index (χ0n) is 34.2. The van der Waals surface area contributed by atoms with Gasteiger partial charge in [0.2, 0.25) is 0 Å². The molecule has 0 spiro atoms. The normalized spacial score (nSPS) is 21.3. The van der Waals surface area contributed by atoms with Gasteiger partial charge in [-0.2, -0.15) is 0 Å². The molecule has 0 amide bonds. The number of unbranched alkanes of at least 4 members (excludes halogenated alkanes) is 17. The van der Waals surface area contributed by atoms with Gasteiger partial charge in [0.15, 0.2) is 6.29 Å². The predicted molar refractivity (Wildman–Crippen MR) is 219 cm³/mol. The van der Waals surface area contributed by atoms with E-state index in [0.717, 1.165) is 64.2 Å². The van der Waals surface area contributed by atoms with Crippen LogP contribution in [0.4, 0.5) is 0 Å². The van der Waals surface area contributed by atoms with Crippen LogP contribution in [0.5, 0.6) is 0 Å². The van der Waals surface area contributed by atoms with Crippen LogP contribution >= 0.6 is 0 Å². The molecule has 6 atom stereocenters. The minimum absolute atomic E-state index is 0.115. The molecule has 1 heterocycles. The van der Waals surface area contributed by atoms with Gasteiger partial charge < -0.3 is 39.4 Å². The molecule has 0 aromatic rings. The number of aliphatic hydroxyl groups is 4. The first kappa shape index (κ1) is 50.2. The van der Waals surface area contributed by atoms with E-state index in [1.165, 1.54) is 83.5 Å². The van der Waals surface area contributed by atoms with Crippen LogP contribution in [0.1, 0.15) is 168 Å². The van der Waals surface area contributed by atoms with Crippen LogP contribution < -0.4 is 0 Å². The van der Waals surface area contributed by atoms with Crippen LogP contribution in [-0.4, -0.2) is 89.6 Å². The summed E-state index contributed by atoms with van der Waals surface area (Å²) in [6, 6.07) is 0. The van der Waals surface area contributed by atoms with Crippen molar-refractivity contribution in [2.24, 2.45) is 0 Å². The van der Waals surface area contributed by atoms with Crippen LogP contribution in [0.3, 0.4) is 0 Å². The number of esters is 1. The number of hydrogen-bond acceptors (Lipinski definition) is 9. The molecule has 0 bridgehead atoms. The lowest BCUT2D eigenvalue weighted by atomic mass is 9.99. The molecular weight excluding hydrogens is 684 g/mol. The second kappa shape index (κ2) is 36.8. The van der Waals surface area contributed by atoms with Crippen molar-refractivity contribution in [3.63, 3.8) is 0 Å². The Morgan fingerprint density at radius 3 is 1.70 bits per heavy atom. The van der Waals surface area contributed by atoms with Gasteiger partial charge in [-0.15, -0.1) is 0 Å². The van der Waals surface area contributed by atoms with Crippen molar-refractivity contribution in [1.82, 2.24) is 0 Å². The van der Waals surface area contributed by atoms with Gasteiger partial charge in [-0.1, -0.05) is 159 Å². The molecule has 1 aliphatic heterocycles. The predicted octanol–water partition coefficient (Wildman–Crippen LogP) is 9.36. The van der Waals surface area contributed by atoms with E-state index >= 15 is 0 Å². The highest BCUT2D eigenvalue weighted by atomic mass is 16.7. The van der Waals surface area contributed by atoms with Crippen molar-refractivity contribution in [1.29, 1.82) is 0 Å². The average Bonchev–Trinajstić information content (AvgIpc) is 3.17. The molecule has 1 fully saturated rings. The number of rotatable bonds is 36. The number of carbonyl (C=O) groups is 1. The Morgan fingerprint density at radius 2 is 1.13 bits per heavy atom. The molecule has 314 valence electrons. The molecule has 1 saturated heterocycles. The second-order valence-electron chi connectivity index (χ2n) is 14.8. The topological polar surface area (TPSA) is 135 Å². The fourth-order valence-electron chi connectivity index (χ4n) is 6.36. The van der Waals surface area contributed by atoms with Crippen molar-refractivity contribution in [3.8, 4) is 0 Å². The Balaban J connectivity index is 2.19. The minimum atomic E-state index is -1.54. The first-order valence-corrected chi connectivity index (χ1v) is 21.7. The molecule has 0 saturated carbocycles. The van der Waals surface area contributed by atoms with Crippen molar-refractivity contribution in [2.75, 3.05) is 26.4 Å². The fourth-order valence-corrected chi connectivity index (χ4v) is 6.36. The Kier molecular flexibility index (Phi) is 34.2. The Morgan fingerprint density at radius 1 is 0.611 bits per heavy atom. The minimum Gasteiger partial charge on any atom is -0.457 e. The van der Waals surface area contributed by atoms with Crippen LogP contribution in [-0.2, 0) is 23.7 Å². The molecule has 0 aromatic carbocycles. The summed E-state index contributed by atoms with van der Waals surface area (Å²) in [6.07, 6.45) is 37.2. The third-order valence-corrected chi connectivity index (χ3v) is 9.76. The zero-order chi connectivity index (χ0) is 39.3. The summed E-state index contributed by atoms with van der Waals surface area (Å²) in [5, 5.41) is 40.0. The molecule has 0 aliphatic carbocycles. The maximum atomic E-state index is 12.7. The van der Waals surface area contributed by atoms with Gasteiger partial charge in [-0.3, -0.25) is 4.79 Å². The largest absolute Gasteiger partial charge is 0.457 e. The van der Waals surface area contributed by atoms with Crippen LogP contribution in [0.15, 0.2) is 48.6 Å². The fraction of sp³-hybridized carbons (Fsp3) is 0.800. The third-order valence-electron chi connectivity index (χ3n) is 9.76. The SMILES string of the molecule is CC/C=C\C/C=C\C/C=C\C/C=C\CCCCCCCCCCCCC(=O)OC(COCCCCCCCCCC)COC1OC(CO)C(O)C(O)C1O. The van der Waals surface area contributed by atoms with Crippen LogP contribution in [0.2, 0.25) is 0 Å². The molecule has 1 aliphatic rings. The highest BCUT2D eigenvalue weighted by molar-refractivity contribution is 5.69. The van der Waals surface area contributed by atoms with Crippen molar-refractivity contribution in [3.05, 3.63) is 48.6 Å². The second-order valence-corrected chi connectivity index (χ2v) is 14.8. The number of ether oxygens (including phenoxy) is 4. The Hall–Kier alpha value is -1.85. The van der Waals surface area contributed by atoms with E-state index in [9.17, 15) is 25.2 Å². The molecule has 0 radical (unpaired) electrons. The van der Waals surface area contributed by atoms with Gasteiger partial charge in [0, 0.05) is 13.0 Å². The zero-order valence-corrected chi connectivity index (χ0v) is 34.2. The lowest BCUT2D eigenvalue weighted by Gasteiger charge is -2.39. The van der Waals surface area contributed by atoms with E-state index in [0.29, 0.717) is 13.0 Å². The Labute approximate surface area is 329 Å². The van der Waals surface area contributed by atoms with Crippen LogP contribution in [0.25, 0.3) is 0 Å². The van der Waals surface area contributed by atoms with Gasteiger partial charge in [-0.25, -0.2) is 0 Å². The standard InChI is InChI=1S/C45H80O9/c1-3-5-7-9-11-13-14-15-16-17-18-19-20-21-22-23-24-25-26-27-28-30-32-34-41(47)53-39(37-51-35-33-31-29-12-10-8-6-4-2)38-52-45-44(50)43(49)42(48)40(36-46)54-45/h5,7,11,13,15-16,18-19,39-40,42-46,48-50H,3-4,6,8-10,12,14,17,20-38H2,1-2H3/b7-5-,13-11-,16-15-,19-18-. The Bertz CT molecular complexity index is 963. The maximum absolute atomic E-state index is 12.7. The maximum Gasteiger partial charge on any atom is 0.306 e. The van der Waals surface area contributed by atoms with E-state index < -0.39 is 43.4 Å².